The minimum atomic E-state index is -0.348. The van der Waals surface area contributed by atoms with E-state index in [1.165, 1.54) is 23.1 Å². The van der Waals surface area contributed by atoms with Gasteiger partial charge in [-0.2, -0.15) is 0 Å². The maximum absolute atomic E-state index is 12.2. The van der Waals surface area contributed by atoms with Gasteiger partial charge >= 0.3 is 0 Å². The molecule has 3 rings (SSSR count). The zero-order valence-corrected chi connectivity index (χ0v) is 15.2. The average Bonchev–Trinajstić information content (AvgIpc) is 3.08. The number of amides is 1. The van der Waals surface area contributed by atoms with Gasteiger partial charge in [-0.3, -0.25) is 14.9 Å². The number of benzene rings is 2. The van der Waals surface area contributed by atoms with Crippen molar-refractivity contribution in [3.63, 3.8) is 0 Å². The molecule has 0 saturated heterocycles. The predicted molar refractivity (Wildman–Crippen MR) is 101 cm³/mol. The van der Waals surface area contributed by atoms with Crippen molar-refractivity contribution in [1.29, 1.82) is 0 Å². The van der Waals surface area contributed by atoms with Crippen molar-refractivity contribution in [2.45, 2.75) is 4.34 Å². The van der Waals surface area contributed by atoms with Crippen LogP contribution in [-0.4, -0.2) is 27.6 Å². The third kappa shape index (κ3) is 4.66. The molecular formula is C17H12ClN3O2S2. The summed E-state index contributed by atoms with van der Waals surface area (Å²) in [5.41, 5.74) is 1.03. The SMILES string of the molecule is O=C(CSc1nnc(NC(=O)c2ccccc2Cl)s1)c1ccccc1. The summed E-state index contributed by atoms with van der Waals surface area (Å²) in [5.74, 6) is -0.0713. The Balaban J connectivity index is 1.58. The molecule has 0 saturated carbocycles. The van der Waals surface area contributed by atoms with E-state index in [4.69, 9.17) is 11.6 Å². The number of hydrogen-bond donors (Lipinski definition) is 1. The highest BCUT2D eigenvalue weighted by Gasteiger charge is 2.14. The van der Waals surface area contributed by atoms with Crippen LogP contribution < -0.4 is 5.32 Å². The maximum atomic E-state index is 12.2. The number of ketones is 1. The van der Waals surface area contributed by atoms with Gasteiger partial charge in [0.05, 0.1) is 16.3 Å². The van der Waals surface area contributed by atoms with Crippen LogP contribution in [0, 0.1) is 0 Å². The summed E-state index contributed by atoms with van der Waals surface area (Å²) in [6.07, 6.45) is 0. The van der Waals surface area contributed by atoms with E-state index >= 15 is 0 Å². The van der Waals surface area contributed by atoms with E-state index in [1.807, 2.05) is 18.2 Å². The number of rotatable bonds is 6. The Hall–Kier alpha value is -2.22. The van der Waals surface area contributed by atoms with Crippen LogP contribution in [0.2, 0.25) is 5.02 Å². The Morgan fingerprint density at radius 1 is 1.04 bits per heavy atom. The van der Waals surface area contributed by atoms with Crippen molar-refractivity contribution in [2.75, 3.05) is 11.1 Å². The van der Waals surface area contributed by atoms with Gasteiger partial charge in [-0.05, 0) is 12.1 Å². The summed E-state index contributed by atoms with van der Waals surface area (Å²) >= 11 is 8.50. The van der Waals surface area contributed by atoms with E-state index in [-0.39, 0.29) is 17.4 Å². The number of thioether (sulfide) groups is 1. The molecule has 0 spiro atoms. The highest BCUT2D eigenvalue weighted by atomic mass is 35.5. The van der Waals surface area contributed by atoms with Crippen molar-refractivity contribution in [2.24, 2.45) is 0 Å². The van der Waals surface area contributed by atoms with E-state index < -0.39 is 0 Å². The third-order valence-corrected chi connectivity index (χ3v) is 5.47. The first kappa shape index (κ1) is 17.6. The van der Waals surface area contributed by atoms with Crippen molar-refractivity contribution in [1.82, 2.24) is 10.2 Å². The Kier molecular flexibility index (Phi) is 5.80. The van der Waals surface area contributed by atoms with Gasteiger partial charge in [0.1, 0.15) is 0 Å². The second kappa shape index (κ2) is 8.24. The molecule has 1 heterocycles. The van der Waals surface area contributed by atoms with E-state index in [2.05, 4.69) is 15.5 Å². The Morgan fingerprint density at radius 2 is 1.76 bits per heavy atom. The van der Waals surface area contributed by atoms with E-state index in [9.17, 15) is 9.59 Å². The number of hydrogen-bond acceptors (Lipinski definition) is 6. The smallest absolute Gasteiger partial charge is 0.259 e. The maximum Gasteiger partial charge on any atom is 0.259 e. The van der Waals surface area contributed by atoms with Crippen molar-refractivity contribution >= 4 is 51.5 Å². The molecule has 5 nitrogen and oxygen atoms in total. The predicted octanol–water partition coefficient (Wildman–Crippen LogP) is 4.42. The molecule has 0 aliphatic carbocycles. The highest BCUT2D eigenvalue weighted by Crippen LogP contribution is 2.27. The molecule has 0 bridgehead atoms. The minimum Gasteiger partial charge on any atom is -0.296 e. The molecule has 0 fully saturated rings. The molecule has 0 unspecified atom stereocenters. The largest absolute Gasteiger partial charge is 0.296 e. The second-order valence-electron chi connectivity index (χ2n) is 4.88. The van der Waals surface area contributed by atoms with Gasteiger partial charge in [-0.1, -0.05) is 77.2 Å². The molecule has 126 valence electrons. The minimum absolute atomic E-state index is 0.0162. The molecule has 1 N–H and O–H groups in total. The Morgan fingerprint density at radius 3 is 2.52 bits per heavy atom. The van der Waals surface area contributed by atoms with Crippen LogP contribution in [-0.2, 0) is 0 Å². The van der Waals surface area contributed by atoms with Crippen LogP contribution in [0.15, 0.2) is 58.9 Å². The number of Topliss-reactive ketones (excluding diaryl/α,β-unsaturated/α-hetero) is 1. The zero-order chi connectivity index (χ0) is 17.6. The van der Waals surface area contributed by atoms with Gasteiger partial charge in [0, 0.05) is 5.56 Å². The average molecular weight is 390 g/mol. The monoisotopic (exact) mass is 389 g/mol. The van der Waals surface area contributed by atoms with Gasteiger partial charge in [-0.25, -0.2) is 0 Å². The van der Waals surface area contributed by atoms with Crippen LogP contribution in [0.5, 0.6) is 0 Å². The quantitative estimate of drug-likeness (QED) is 0.384. The van der Waals surface area contributed by atoms with Gasteiger partial charge in [0.15, 0.2) is 10.1 Å². The fraction of sp³-hybridized carbons (Fsp3) is 0.0588. The van der Waals surface area contributed by atoms with Crippen molar-refractivity contribution in [3.05, 3.63) is 70.7 Å². The number of carbonyl (C=O) groups excluding carboxylic acids is 2. The molecule has 25 heavy (non-hydrogen) atoms. The number of nitrogens with zero attached hydrogens (tertiary/aromatic N) is 2. The number of halogens is 1. The van der Waals surface area contributed by atoms with Gasteiger partial charge in [0.25, 0.3) is 5.91 Å². The summed E-state index contributed by atoms with van der Waals surface area (Å²) in [5, 5.41) is 11.3. The number of carbonyl (C=O) groups is 2. The van der Waals surface area contributed by atoms with Crippen LogP contribution in [0.3, 0.4) is 0 Å². The van der Waals surface area contributed by atoms with Gasteiger partial charge in [0.2, 0.25) is 5.13 Å². The lowest BCUT2D eigenvalue weighted by Gasteiger charge is -2.02. The topological polar surface area (TPSA) is 72.0 Å². The van der Waals surface area contributed by atoms with Crippen LogP contribution >= 0.6 is 34.7 Å². The van der Waals surface area contributed by atoms with Gasteiger partial charge in [-0.15, -0.1) is 10.2 Å². The second-order valence-corrected chi connectivity index (χ2v) is 7.49. The fourth-order valence-electron chi connectivity index (χ4n) is 1.96. The molecule has 0 atom stereocenters. The number of anilines is 1. The third-order valence-electron chi connectivity index (χ3n) is 3.17. The summed E-state index contributed by atoms with van der Waals surface area (Å²) in [6, 6.07) is 15.8. The number of aromatic nitrogens is 2. The zero-order valence-electron chi connectivity index (χ0n) is 12.8. The van der Waals surface area contributed by atoms with E-state index in [0.29, 0.717) is 25.6 Å². The Labute approximate surface area is 157 Å². The molecule has 2 aromatic carbocycles. The summed E-state index contributed by atoms with van der Waals surface area (Å²) < 4.78 is 0.610. The van der Waals surface area contributed by atoms with E-state index in [1.54, 1.807) is 36.4 Å². The summed E-state index contributed by atoms with van der Waals surface area (Å²) in [6.45, 7) is 0. The highest BCUT2D eigenvalue weighted by molar-refractivity contribution is 8.01. The molecule has 0 aliphatic heterocycles. The standard InChI is InChI=1S/C17H12ClN3O2S2/c18-13-9-5-4-8-12(13)15(23)19-16-20-21-17(25-16)24-10-14(22)11-6-2-1-3-7-11/h1-9H,10H2,(H,19,20,23). The Bertz CT molecular complexity index is 900. The summed E-state index contributed by atoms with van der Waals surface area (Å²) in [4.78, 5) is 24.3. The van der Waals surface area contributed by atoms with Crippen LogP contribution in [0.4, 0.5) is 5.13 Å². The first-order chi connectivity index (χ1) is 12.1. The molecule has 3 aromatic rings. The van der Waals surface area contributed by atoms with Crippen molar-refractivity contribution < 1.29 is 9.59 Å². The molecule has 8 heteroatoms. The lowest BCUT2D eigenvalue weighted by atomic mass is 10.2. The molecule has 1 aromatic heterocycles. The number of nitrogens with one attached hydrogen (secondary N) is 1. The van der Waals surface area contributed by atoms with Crippen LogP contribution in [0.25, 0.3) is 0 Å². The molecule has 0 radical (unpaired) electrons. The van der Waals surface area contributed by atoms with Crippen LogP contribution in [0.1, 0.15) is 20.7 Å². The fourth-order valence-corrected chi connectivity index (χ4v) is 3.83. The van der Waals surface area contributed by atoms with Crippen molar-refractivity contribution in [3.8, 4) is 0 Å². The summed E-state index contributed by atoms with van der Waals surface area (Å²) in [7, 11) is 0. The lowest BCUT2D eigenvalue weighted by molar-refractivity contribution is 0.101. The first-order valence-corrected chi connectivity index (χ1v) is 9.42. The normalized spacial score (nSPS) is 10.4. The molecule has 1 amide bonds. The van der Waals surface area contributed by atoms with Gasteiger partial charge < -0.3 is 0 Å². The molecular weight excluding hydrogens is 378 g/mol. The lowest BCUT2D eigenvalue weighted by Crippen LogP contribution is -2.12. The molecule has 0 aliphatic rings. The first-order valence-electron chi connectivity index (χ1n) is 7.24. The van der Waals surface area contributed by atoms with E-state index in [0.717, 1.165) is 0 Å².